The van der Waals surface area contributed by atoms with Crippen LogP contribution in [0.2, 0.25) is 0 Å². The molecule has 0 aliphatic carbocycles. The van der Waals surface area contributed by atoms with Gasteiger partial charge in [0.2, 0.25) is 0 Å². The van der Waals surface area contributed by atoms with Gasteiger partial charge in [0.05, 0.1) is 11.9 Å². The van der Waals surface area contributed by atoms with Gasteiger partial charge in [-0.15, -0.1) is 0 Å². The van der Waals surface area contributed by atoms with E-state index in [1.165, 1.54) is 0 Å². The fraction of sp³-hybridized carbons (Fsp3) is 0.462. The number of carbonyl (C=O) groups excluding carboxylic acids is 1. The number of Topliss-reactive ketones (excluding diaryl/α,β-unsaturated/α-hetero) is 1. The molecule has 0 bridgehead atoms. The van der Waals surface area contributed by atoms with Gasteiger partial charge in [0.15, 0.2) is 5.78 Å². The van der Waals surface area contributed by atoms with Crippen LogP contribution in [0.1, 0.15) is 35.7 Å². The van der Waals surface area contributed by atoms with Crippen molar-refractivity contribution in [2.75, 3.05) is 11.9 Å². The summed E-state index contributed by atoms with van der Waals surface area (Å²) in [6, 6.07) is 5.57. The summed E-state index contributed by atoms with van der Waals surface area (Å²) in [5.41, 5.74) is 1.75. The van der Waals surface area contributed by atoms with Crippen LogP contribution in [0.5, 0.6) is 5.75 Å². The summed E-state index contributed by atoms with van der Waals surface area (Å²) in [4.78, 5) is 11.4. The Morgan fingerprint density at radius 1 is 1.44 bits per heavy atom. The van der Waals surface area contributed by atoms with Gasteiger partial charge in [-0.1, -0.05) is 29.3 Å². The van der Waals surface area contributed by atoms with Crippen molar-refractivity contribution in [3.05, 3.63) is 29.3 Å². The van der Waals surface area contributed by atoms with Crippen LogP contribution in [-0.2, 0) is 0 Å². The van der Waals surface area contributed by atoms with E-state index in [9.17, 15) is 4.79 Å². The van der Waals surface area contributed by atoms with Gasteiger partial charge in [0, 0.05) is 5.56 Å². The van der Waals surface area contributed by atoms with E-state index in [-0.39, 0.29) is 5.78 Å². The third-order valence-corrected chi connectivity index (χ3v) is 2.88. The number of carbonyl (C=O) groups is 1. The predicted octanol–water partition coefficient (Wildman–Crippen LogP) is 3.75. The monoisotopic (exact) mass is 284 g/mol. The lowest BCUT2D eigenvalue weighted by Gasteiger charge is -2.09. The van der Waals surface area contributed by atoms with Crippen LogP contribution in [0.25, 0.3) is 0 Å². The number of ketones is 1. The molecule has 0 spiro atoms. The van der Waals surface area contributed by atoms with Crippen LogP contribution in [0.15, 0.2) is 18.2 Å². The zero-order valence-electron chi connectivity index (χ0n) is 9.75. The van der Waals surface area contributed by atoms with Crippen molar-refractivity contribution in [3.8, 4) is 5.75 Å². The Labute approximate surface area is 105 Å². The summed E-state index contributed by atoms with van der Waals surface area (Å²) < 4.78 is 5.62. The van der Waals surface area contributed by atoms with Gasteiger partial charge in [-0.2, -0.15) is 0 Å². The smallest absolute Gasteiger partial charge is 0.173 e. The van der Waals surface area contributed by atoms with Crippen LogP contribution in [-0.4, -0.2) is 17.7 Å². The summed E-state index contributed by atoms with van der Waals surface area (Å²) in [5, 5.41) is 0.364. The average molecular weight is 285 g/mol. The number of benzene rings is 1. The number of ether oxygens (including phenoxy) is 1. The lowest BCUT2D eigenvalue weighted by atomic mass is 10.1. The second-order valence-electron chi connectivity index (χ2n) is 3.74. The Morgan fingerprint density at radius 2 is 2.19 bits per heavy atom. The number of hydrogen-bond acceptors (Lipinski definition) is 2. The minimum atomic E-state index is 0.100. The molecule has 1 aromatic carbocycles. The maximum atomic E-state index is 11.4. The average Bonchev–Trinajstić information content (AvgIpc) is 2.30. The standard InChI is InChI=1S/C13H17BrO2/c1-3-4-7-16-13-6-5-11(8-10(13)2)12(15)9-14/h5-6,8H,3-4,7,9H2,1-2H3. The second kappa shape index (κ2) is 6.69. The van der Waals surface area contributed by atoms with Crippen LogP contribution in [0.3, 0.4) is 0 Å². The lowest BCUT2D eigenvalue weighted by molar-refractivity contribution is 0.102. The fourth-order valence-electron chi connectivity index (χ4n) is 1.39. The van der Waals surface area contributed by atoms with E-state index in [0.29, 0.717) is 5.33 Å². The van der Waals surface area contributed by atoms with Gasteiger partial charge in [-0.05, 0) is 37.1 Å². The predicted molar refractivity (Wildman–Crippen MR) is 69.7 cm³/mol. The first-order valence-electron chi connectivity index (χ1n) is 5.51. The normalized spacial score (nSPS) is 10.2. The molecule has 88 valence electrons. The maximum absolute atomic E-state index is 11.4. The second-order valence-corrected chi connectivity index (χ2v) is 4.30. The van der Waals surface area contributed by atoms with Crippen molar-refractivity contribution in [2.24, 2.45) is 0 Å². The summed E-state index contributed by atoms with van der Waals surface area (Å²) in [7, 11) is 0. The molecule has 0 unspecified atom stereocenters. The molecule has 0 amide bonds. The Morgan fingerprint density at radius 3 is 2.75 bits per heavy atom. The SMILES string of the molecule is CCCCOc1ccc(C(=O)CBr)cc1C. The van der Waals surface area contributed by atoms with Crippen LogP contribution in [0, 0.1) is 6.92 Å². The number of aryl methyl sites for hydroxylation is 1. The summed E-state index contributed by atoms with van der Waals surface area (Å²) in [6.45, 7) is 4.84. The van der Waals surface area contributed by atoms with E-state index in [2.05, 4.69) is 22.9 Å². The number of rotatable bonds is 6. The summed E-state index contributed by atoms with van der Waals surface area (Å²) in [5.74, 6) is 0.975. The highest BCUT2D eigenvalue weighted by Gasteiger charge is 2.06. The molecule has 0 saturated heterocycles. The molecule has 0 N–H and O–H groups in total. The van der Waals surface area contributed by atoms with Gasteiger partial charge in [0.25, 0.3) is 0 Å². The van der Waals surface area contributed by atoms with Gasteiger partial charge in [0.1, 0.15) is 5.75 Å². The lowest BCUT2D eigenvalue weighted by Crippen LogP contribution is -2.02. The molecule has 0 fully saturated rings. The molecule has 0 saturated carbocycles. The number of unbranched alkanes of at least 4 members (excludes halogenated alkanes) is 1. The minimum Gasteiger partial charge on any atom is -0.493 e. The van der Waals surface area contributed by atoms with Gasteiger partial charge in [-0.25, -0.2) is 0 Å². The van der Waals surface area contributed by atoms with Crippen molar-refractivity contribution in [3.63, 3.8) is 0 Å². The highest BCUT2D eigenvalue weighted by molar-refractivity contribution is 9.09. The molecule has 3 heteroatoms. The zero-order valence-corrected chi connectivity index (χ0v) is 11.3. The molecular formula is C13H17BrO2. The quantitative estimate of drug-likeness (QED) is 0.452. The number of alkyl halides is 1. The van der Waals surface area contributed by atoms with Crippen LogP contribution >= 0.6 is 15.9 Å². The fourth-order valence-corrected chi connectivity index (χ4v) is 1.71. The first-order chi connectivity index (χ1) is 7.69. The van der Waals surface area contributed by atoms with Crippen LogP contribution in [0.4, 0.5) is 0 Å². The summed E-state index contributed by atoms with van der Waals surface area (Å²) >= 11 is 3.17. The number of halogens is 1. The molecule has 0 heterocycles. The first kappa shape index (κ1) is 13.2. The molecule has 1 rings (SSSR count). The molecule has 0 aliphatic heterocycles. The van der Waals surface area contributed by atoms with E-state index in [0.717, 1.165) is 36.3 Å². The van der Waals surface area contributed by atoms with Crippen molar-refractivity contribution in [1.82, 2.24) is 0 Å². The summed E-state index contributed by atoms with van der Waals surface area (Å²) in [6.07, 6.45) is 2.18. The van der Waals surface area contributed by atoms with Crippen molar-refractivity contribution < 1.29 is 9.53 Å². The Bertz CT molecular complexity index is 361. The topological polar surface area (TPSA) is 26.3 Å². The largest absolute Gasteiger partial charge is 0.493 e. The highest BCUT2D eigenvalue weighted by Crippen LogP contribution is 2.20. The van der Waals surface area contributed by atoms with Crippen molar-refractivity contribution in [2.45, 2.75) is 26.7 Å². The molecule has 0 aliphatic rings. The van der Waals surface area contributed by atoms with E-state index < -0.39 is 0 Å². The van der Waals surface area contributed by atoms with E-state index in [4.69, 9.17) is 4.74 Å². The van der Waals surface area contributed by atoms with E-state index >= 15 is 0 Å². The van der Waals surface area contributed by atoms with Gasteiger partial charge < -0.3 is 4.74 Å². The molecular weight excluding hydrogens is 268 g/mol. The minimum absolute atomic E-state index is 0.100. The Kier molecular flexibility index (Phi) is 5.53. The molecule has 2 nitrogen and oxygen atoms in total. The maximum Gasteiger partial charge on any atom is 0.173 e. The van der Waals surface area contributed by atoms with Crippen LogP contribution < -0.4 is 4.74 Å². The molecule has 0 radical (unpaired) electrons. The van der Waals surface area contributed by atoms with Crippen molar-refractivity contribution in [1.29, 1.82) is 0 Å². The molecule has 1 aromatic rings. The van der Waals surface area contributed by atoms with Gasteiger partial charge in [-0.3, -0.25) is 4.79 Å². The van der Waals surface area contributed by atoms with Crippen molar-refractivity contribution >= 4 is 21.7 Å². The number of hydrogen-bond donors (Lipinski definition) is 0. The van der Waals surface area contributed by atoms with E-state index in [1.807, 2.05) is 25.1 Å². The molecule has 0 aromatic heterocycles. The molecule has 16 heavy (non-hydrogen) atoms. The third kappa shape index (κ3) is 3.63. The first-order valence-corrected chi connectivity index (χ1v) is 6.63. The highest BCUT2D eigenvalue weighted by atomic mass is 79.9. The zero-order chi connectivity index (χ0) is 12.0. The third-order valence-electron chi connectivity index (χ3n) is 2.37. The Hall–Kier alpha value is -0.830. The van der Waals surface area contributed by atoms with E-state index in [1.54, 1.807) is 0 Å². The molecule has 0 atom stereocenters. The Balaban J connectivity index is 2.71. The van der Waals surface area contributed by atoms with Gasteiger partial charge >= 0.3 is 0 Å².